The second kappa shape index (κ2) is 5.07. The number of aryl methyl sites for hydroxylation is 2. The van der Waals surface area contributed by atoms with Gasteiger partial charge in [-0.15, -0.1) is 0 Å². The highest BCUT2D eigenvalue weighted by Gasteiger charge is 2.17. The van der Waals surface area contributed by atoms with Gasteiger partial charge >= 0.3 is 0 Å². The molecule has 3 aromatic rings. The van der Waals surface area contributed by atoms with E-state index < -0.39 is 0 Å². The predicted molar refractivity (Wildman–Crippen MR) is 82.6 cm³/mol. The molecule has 3 rings (SSSR count). The summed E-state index contributed by atoms with van der Waals surface area (Å²) in [5.41, 5.74) is 2.91. The third-order valence-electron chi connectivity index (χ3n) is 3.21. The summed E-state index contributed by atoms with van der Waals surface area (Å²) in [6.45, 7) is 5.94. The predicted octanol–water partition coefficient (Wildman–Crippen LogP) is 4.73. The number of hydrogen-bond donors (Lipinski definition) is 1. The summed E-state index contributed by atoms with van der Waals surface area (Å²) in [5, 5.41) is 8.96. The molecule has 0 aliphatic rings. The number of nitrogens with one attached hydrogen (secondary N) is 1. The van der Waals surface area contributed by atoms with Gasteiger partial charge in [0, 0.05) is 10.6 Å². The van der Waals surface area contributed by atoms with Crippen LogP contribution < -0.4 is 5.32 Å². The molecule has 1 atom stereocenters. The van der Waals surface area contributed by atoms with E-state index in [4.69, 9.17) is 16.1 Å². The lowest BCUT2D eigenvalue weighted by molar-refractivity contribution is 0.392. The van der Waals surface area contributed by atoms with E-state index in [0.717, 1.165) is 32.4 Å². The van der Waals surface area contributed by atoms with Crippen molar-refractivity contribution in [3.63, 3.8) is 0 Å². The van der Waals surface area contributed by atoms with Crippen LogP contribution >= 0.6 is 22.9 Å². The van der Waals surface area contributed by atoms with Crippen molar-refractivity contribution in [1.82, 2.24) is 10.1 Å². The van der Waals surface area contributed by atoms with Crippen LogP contribution in [0.1, 0.15) is 30.0 Å². The highest BCUT2D eigenvalue weighted by atomic mass is 35.5. The van der Waals surface area contributed by atoms with Crippen LogP contribution in [0, 0.1) is 13.8 Å². The normalized spacial score (nSPS) is 12.8. The number of rotatable bonds is 3. The van der Waals surface area contributed by atoms with E-state index in [1.165, 1.54) is 0 Å². The number of halogens is 1. The molecule has 0 amide bonds. The van der Waals surface area contributed by atoms with E-state index in [0.29, 0.717) is 5.02 Å². The molecule has 4 nitrogen and oxygen atoms in total. The molecule has 1 N–H and O–H groups in total. The minimum absolute atomic E-state index is 0.0947. The topological polar surface area (TPSA) is 51.0 Å². The zero-order valence-electron chi connectivity index (χ0n) is 11.4. The quantitative estimate of drug-likeness (QED) is 0.760. The molecule has 104 valence electrons. The lowest BCUT2D eigenvalue weighted by atomic mass is 10.1. The van der Waals surface area contributed by atoms with Crippen molar-refractivity contribution in [1.29, 1.82) is 0 Å². The Balaban J connectivity index is 1.89. The van der Waals surface area contributed by atoms with Crippen LogP contribution in [0.25, 0.3) is 10.2 Å². The monoisotopic (exact) mass is 307 g/mol. The van der Waals surface area contributed by atoms with Crippen molar-refractivity contribution < 1.29 is 4.52 Å². The molecule has 6 heteroatoms. The van der Waals surface area contributed by atoms with Crippen molar-refractivity contribution in [3.8, 4) is 0 Å². The van der Waals surface area contributed by atoms with Crippen molar-refractivity contribution in [3.05, 3.63) is 40.2 Å². The Morgan fingerprint density at radius 3 is 2.85 bits per heavy atom. The summed E-state index contributed by atoms with van der Waals surface area (Å²) in [7, 11) is 0. The lowest BCUT2D eigenvalue weighted by Gasteiger charge is -2.12. The molecule has 2 heterocycles. The molecule has 1 aromatic carbocycles. The van der Waals surface area contributed by atoms with E-state index in [1.54, 1.807) is 11.3 Å². The first-order chi connectivity index (χ1) is 9.54. The number of fused-ring (bicyclic) bond motifs is 1. The van der Waals surface area contributed by atoms with Gasteiger partial charge in [0.1, 0.15) is 5.76 Å². The van der Waals surface area contributed by atoms with Gasteiger partial charge in [0.25, 0.3) is 0 Å². The Hall–Kier alpha value is -1.59. The van der Waals surface area contributed by atoms with Gasteiger partial charge in [-0.1, -0.05) is 28.1 Å². The Bertz CT molecular complexity index is 745. The first kappa shape index (κ1) is 13.4. The van der Waals surface area contributed by atoms with E-state index in [1.807, 2.05) is 32.0 Å². The molecular formula is C14H14ClN3OS. The number of aromatic nitrogens is 2. The van der Waals surface area contributed by atoms with Crippen LogP contribution in [0.15, 0.2) is 22.7 Å². The Labute approximate surface area is 125 Å². The summed E-state index contributed by atoms with van der Waals surface area (Å²) >= 11 is 7.59. The fourth-order valence-electron chi connectivity index (χ4n) is 2.33. The van der Waals surface area contributed by atoms with Gasteiger partial charge in [-0.3, -0.25) is 0 Å². The largest absolute Gasteiger partial charge is 0.361 e. The Kier molecular flexibility index (Phi) is 3.40. The van der Waals surface area contributed by atoms with Gasteiger partial charge in [0.2, 0.25) is 0 Å². The third-order valence-corrected chi connectivity index (χ3v) is 4.41. The fourth-order valence-corrected chi connectivity index (χ4v) is 3.43. The van der Waals surface area contributed by atoms with E-state index in [2.05, 4.69) is 22.4 Å². The molecule has 0 saturated carbocycles. The van der Waals surface area contributed by atoms with Crippen LogP contribution in [-0.2, 0) is 0 Å². The maximum Gasteiger partial charge on any atom is 0.184 e. The van der Waals surface area contributed by atoms with Crippen LogP contribution in [0.4, 0.5) is 5.13 Å². The van der Waals surface area contributed by atoms with Gasteiger partial charge in [-0.2, -0.15) is 0 Å². The first-order valence-electron chi connectivity index (χ1n) is 6.30. The number of anilines is 1. The number of benzene rings is 1. The summed E-state index contributed by atoms with van der Waals surface area (Å²) in [4.78, 5) is 4.55. The highest BCUT2D eigenvalue weighted by molar-refractivity contribution is 7.22. The summed E-state index contributed by atoms with van der Waals surface area (Å²) in [5.74, 6) is 0.839. The second-order valence-electron chi connectivity index (χ2n) is 4.73. The zero-order valence-corrected chi connectivity index (χ0v) is 13.0. The summed E-state index contributed by atoms with van der Waals surface area (Å²) in [6, 6.07) is 5.83. The molecule has 0 spiro atoms. The van der Waals surface area contributed by atoms with Gasteiger partial charge in [-0.25, -0.2) is 4.98 Å². The molecule has 0 fully saturated rings. The first-order valence-corrected chi connectivity index (χ1v) is 7.49. The molecule has 0 bridgehead atoms. The van der Waals surface area contributed by atoms with E-state index >= 15 is 0 Å². The second-order valence-corrected chi connectivity index (χ2v) is 6.20. The van der Waals surface area contributed by atoms with Crippen molar-refractivity contribution >= 4 is 38.3 Å². The fraction of sp³-hybridized carbons (Fsp3) is 0.286. The van der Waals surface area contributed by atoms with Gasteiger partial charge in [-0.05, 0) is 39.0 Å². The van der Waals surface area contributed by atoms with Gasteiger partial charge in [0.15, 0.2) is 5.13 Å². The smallest absolute Gasteiger partial charge is 0.184 e. The lowest BCUT2D eigenvalue weighted by Crippen LogP contribution is -2.08. The van der Waals surface area contributed by atoms with Crippen molar-refractivity contribution in [2.75, 3.05) is 5.32 Å². The molecule has 1 unspecified atom stereocenters. The summed E-state index contributed by atoms with van der Waals surface area (Å²) in [6.07, 6.45) is 0. The maximum atomic E-state index is 5.98. The van der Waals surface area contributed by atoms with Crippen LogP contribution in [0.3, 0.4) is 0 Å². The molecule has 2 aromatic heterocycles. The van der Waals surface area contributed by atoms with Crippen molar-refractivity contribution in [2.24, 2.45) is 0 Å². The third kappa shape index (κ3) is 2.39. The van der Waals surface area contributed by atoms with Crippen molar-refractivity contribution in [2.45, 2.75) is 26.8 Å². The van der Waals surface area contributed by atoms with Gasteiger partial charge < -0.3 is 9.84 Å². The van der Waals surface area contributed by atoms with Crippen LogP contribution in [0.2, 0.25) is 5.02 Å². The maximum absolute atomic E-state index is 5.98. The van der Waals surface area contributed by atoms with Crippen LogP contribution in [-0.4, -0.2) is 10.1 Å². The number of nitrogens with zero attached hydrogens (tertiary/aromatic N) is 2. The molecule has 0 radical (unpaired) electrons. The summed E-state index contributed by atoms with van der Waals surface area (Å²) < 4.78 is 6.32. The van der Waals surface area contributed by atoms with Crippen LogP contribution in [0.5, 0.6) is 0 Å². The van der Waals surface area contributed by atoms with E-state index in [-0.39, 0.29) is 6.04 Å². The molecule has 0 aliphatic carbocycles. The highest BCUT2D eigenvalue weighted by Crippen LogP contribution is 2.31. The molecule has 0 aliphatic heterocycles. The Morgan fingerprint density at radius 2 is 2.15 bits per heavy atom. The minimum atomic E-state index is 0.0947. The number of thiazole rings is 1. The standard InChI is InChI=1S/C14H14ClN3OS/c1-7(13-8(2)18-19-9(13)3)16-14-17-11-6-10(15)4-5-12(11)20-14/h4-7H,1-3H3,(H,16,17). The average Bonchev–Trinajstić information content (AvgIpc) is 2.92. The zero-order chi connectivity index (χ0) is 14.3. The van der Waals surface area contributed by atoms with Gasteiger partial charge in [0.05, 0.1) is 22.0 Å². The average molecular weight is 308 g/mol. The number of hydrogen-bond acceptors (Lipinski definition) is 5. The molecule has 0 saturated heterocycles. The minimum Gasteiger partial charge on any atom is -0.361 e. The molecular weight excluding hydrogens is 294 g/mol. The Morgan fingerprint density at radius 1 is 1.35 bits per heavy atom. The SMILES string of the molecule is Cc1noc(C)c1C(C)Nc1nc2cc(Cl)ccc2s1. The molecule has 20 heavy (non-hydrogen) atoms. The van der Waals surface area contributed by atoms with E-state index in [9.17, 15) is 0 Å².